The summed E-state index contributed by atoms with van der Waals surface area (Å²) in [5.41, 5.74) is 3.37. The first-order valence-corrected chi connectivity index (χ1v) is 13.9. The second-order valence-corrected chi connectivity index (χ2v) is 10.1. The molecule has 2 aromatic carbocycles. The van der Waals surface area contributed by atoms with Crippen LogP contribution in [0.2, 0.25) is 0 Å². The van der Waals surface area contributed by atoms with Gasteiger partial charge in [-0.25, -0.2) is 0 Å². The molecule has 2 aromatic rings. The molecule has 9 heteroatoms. The minimum atomic E-state index is -0.782. The predicted molar refractivity (Wildman–Crippen MR) is 153 cm³/mol. The van der Waals surface area contributed by atoms with Crippen molar-refractivity contribution in [2.45, 2.75) is 58.8 Å². The van der Waals surface area contributed by atoms with Crippen molar-refractivity contribution in [2.24, 2.45) is 10.9 Å². The van der Waals surface area contributed by atoms with Gasteiger partial charge in [-0.05, 0) is 68.0 Å². The molecule has 0 N–H and O–H groups in total. The van der Waals surface area contributed by atoms with E-state index in [1.807, 2.05) is 32.0 Å². The summed E-state index contributed by atoms with van der Waals surface area (Å²) in [5, 5.41) is 0. The zero-order chi connectivity index (χ0) is 29.7. The molecule has 9 nitrogen and oxygen atoms in total. The van der Waals surface area contributed by atoms with E-state index in [1.54, 1.807) is 39.3 Å². The van der Waals surface area contributed by atoms with Crippen molar-refractivity contribution < 1.29 is 38.1 Å². The van der Waals surface area contributed by atoms with Gasteiger partial charge < -0.3 is 23.7 Å². The van der Waals surface area contributed by atoms with Crippen LogP contribution in [0.1, 0.15) is 69.9 Å². The van der Waals surface area contributed by atoms with Crippen molar-refractivity contribution in [3.8, 4) is 23.0 Å². The summed E-state index contributed by atoms with van der Waals surface area (Å²) >= 11 is 0. The molecule has 218 valence electrons. The molecule has 1 aliphatic heterocycles. The predicted octanol–water partition coefficient (Wildman–Crippen LogP) is 5.56. The Hall–Kier alpha value is -4.14. The van der Waals surface area contributed by atoms with Gasteiger partial charge in [-0.2, -0.15) is 0 Å². The van der Waals surface area contributed by atoms with E-state index in [0.717, 1.165) is 5.56 Å². The Morgan fingerprint density at radius 1 is 0.927 bits per heavy atom. The minimum absolute atomic E-state index is 0.0809. The van der Waals surface area contributed by atoms with Crippen molar-refractivity contribution in [1.82, 2.24) is 0 Å². The number of aliphatic imine (C=N–C) groups is 1. The molecule has 0 saturated heterocycles. The summed E-state index contributed by atoms with van der Waals surface area (Å²) in [7, 11) is 3.16. The molecule has 0 aromatic heterocycles. The quantitative estimate of drug-likeness (QED) is 0.273. The van der Waals surface area contributed by atoms with Crippen LogP contribution in [-0.2, 0) is 19.1 Å². The highest BCUT2D eigenvalue weighted by atomic mass is 16.6. The first-order valence-electron chi connectivity index (χ1n) is 13.9. The summed E-state index contributed by atoms with van der Waals surface area (Å²) in [4.78, 5) is 43.9. The maximum Gasteiger partial charge on any atom is 0.315 e. The molecular formula is C32H37NO8. The summed E-state index contributed by atoms with van der Waals surface area (Å²) in [6.45, 7) is 7.48. The van der Waals surface area contributed by atoms with E-state index < -0.39 is 23.8 Å². The highest BCUT2D eigenvalue weighted by molar-refractivity contribution is 6.09. The SMILES string of the molecule is CCCOC(=O)C1C(C)=NC2=C(C(=O)C[C@H](c3ccc(OC)c(OC)c3)C2)[C@H]1c1ccc(OC(C)=O)c(OCC)c1. The van der Waals surface area contributed by atoms with E-state index in [1.165, 1.54) is 6.92 Å². The molecule has 1 unspecified atom stereocenters. The summed E-state index contributed by atoms with van der Waals surface area (Å²) < 4.78 is 27.6. The van der Waals surface area contributed by atoms with Crippen LogP contribution in [-0.4, -0.2) is 50.9 Å². The van der Waals surface area contributed by atoms with Gasteiger partial charge in [0.05, 0.1) is 27.4 Å². The van der Waals surface area contributed by atoms with Crippen LogP contribution in [0.3, 0.4) is 0 Å². The first-order chi connectivity index (χ1) is 19.7. The van der Waals surface area contributed by atoms with E-state index in [-0.39, 0.29) is 30.5 Å². The van der Waals surface area contributed by atoms with E-state index in [2.05, 4.69) is 0 Å². The molecule has 0 bridgehead atoms. The second-order valence-electron chi connectivity index (χ2n) is 10.1. The zero-order valence-electron chi connectivity index (χ0n) is 24.4. The largest absolute Gasteiger partial charge is 0.493 e. The van der Waals surface area contributed by atoms with Crippen LogP contribution in [0.4, 0.5) is 0 Å². The van der Waals surface area contributed by atoms with Gasteiger partial charge >= 0.3 is 11.9 Å². The van der Waals surface area contributed by atoms with Gasteiger partial charge in [0.2, 0.25) is 0 Å². The fourth-order valence-corrected chi connectivity index (χ4v) is 5.59. The van der Waals surface area contributed by atoms with Crippen molar-refractivity contribution in [3.63, 3.8) is 0 Å². The van der Waals surface area contributed by atoms with Crippen molar-refractivity contribution in [2.75, 3.05) is 27.4 Å². The normalized spacial score (nSPS) is 20.1. The first kappa shape index (κ1) is 29.8. The maximum atomic E-state index is 13.9. The molecule has 1 heterocycles. The fourth-order valence-electron chi connectivity index (χ4n) is 5.59. The molecule has 1 aliphatic carbocycles. The number of hydrogen-bond donors (Lipinski definition) is 0. The number of benzene rings is 2. The number of Topliss-reactive ketones (excluding diaryl/α,β-unsaturated/α-hetero) is 1. The smallest absolute Gasteiger partial charge is 0.315 e. The van der Waals surface area contributed by atoms with Gasteiger partial charge in [-0.1, -0.05) is 19.1 Å². The van der Waals surface area contributed by atoms with Crippen LogP contribution in [0.5, 0.6) is 23.0 Å². The van der Waals surface area contributed by atoms with Gasteiger partial charge in [0, 0.05) is 36.2 Å². The Morgan fingerprint density at radius 2 is 1.61 bits per heavy atom. The number of methoxy groups -OCH3 is 2. The van der Waals surface area contributed by atoms with Crippen LogP contribution in [0.25, 0.3) is 0 Å². The zero-order valence-corrected chi connectivity index (χ0v) is 24.4. The molecule has 3 atom stereocenters. The molecule has 0 radical (unpaired) electrons. The molecule has 0 spiro atoms. The summed E-state index contributed by atoms with van der Waals surface area (Å²) in [6.07, 6.45) is 1.44. The lowest BCUT2D eigenvalue weighted by molar-refractivity contribution is -0.146. The Balaban J connectivity index is 1.81. The van der Waals surface area contributed by atoms with Gasteiger partial charge in [0.25, 0.3) is 0 Å². The van der Waals surface area contributed by atoms with Crippen LogP contribution >= 0.6 is 0 Å². The number of rotatable bonds is 10. The van der Waals surface area contributed by atoms with Crippen LogP contribution < -0.4 is 18.9 Å². The second kappa shape index (κ2) is 13.0. The van der Waals surface area contributed by atoms with Crippen LogP contribution in [0, 0.1) is 5.92 Å². The third kappa shape index (κ3) is 6.29. The third-order valence-electron chi connectivity index (χ3n) is 7.35. The van der Waals surface area contributed by atoms with Gasteiger partial charge in [0.15, 0.2) is 28.8 Å². The lowest BCUT2D eigenvalue weighted by Crippen LogP contribution is -2.38. The summed E-state index contributed by atoms with van der Waals surface area (Å²) in [5.74, 6) is -0.687. The molecule has 0 fully saturated rings. The molecule has 41 heavy (non-hydrogen) atoms. The monoisotopic (exact) mass is 563 g/mol. The number of hydrogen-bond acceptors (Lipinski definition) is 9. The maximum absolute atomic E-state index is 13.9. The van der Waals surface area contributed by atoms with Gasteiger partial charge in [0.1, 0.15) is 5.92 Å². The number of carbonyl (C=O) groups is 3. The highest BCUT2D eigenvalue weighted by Gasteiger charge is 2.45. The Bertz CT molecular complexity index is 1390. The number of esters is 2. The number of carbonyl (C=O) groups excluding carboxylic acids is 3. The van der Waals surface area contributed by atoms with Crippen molar-refractivity contribution in [3.05, 3.63) is 58.8 Å². The Labute approximate surface area is 240 Å². The molecule has 0 amide bonds. The lowest BCUT2D eigenvalue weighted by Gasteiger charge is -2.36. The van der Waals surface area contributed by atoms with E-state index in [4.69, 9.17) is 28.7 Å². The van der Waals surface area contributed by atoms with Gasteiger partial charge in [-0.15, -0.1) is 0 Å². The molecule has 2 aliphatic rings. The Kier molecular flexibility index (Phi) is 9.47. The standard InChI is InChI=1S/C32H37NO8/c1-7-13-40-32(36)29-18(3)33-23-14-22(20-9-11-25(37-5)27(16-20)38-6)15-24(35)31(23)30(29)21-10-12-26(41-19(4)34)28(17-21)39-8-2/h9-12,16-17,22,29-30H,7-8,13-15H2,1-6H3/t22-,29?,30+/m1/s1. The number of allylic oxidation sites excluding steroid dienone is 2. The number of ether oxygens (including phenoxy) is 5. The van der Waals surface area contributed by atoms with Crippen LogP contribution in [0.15, 0.2) is 52.7 Å². The van der Waals surface area contributed by atoms with Gasteiger partial charge in [-0.3, -0.25) is 19.4 Å². The van der Waals surface area contributed by atoms with Crippen molar-refractivity contribution in [1.29, 1.82) is 0 Å². The number of nitrogens with zero attached hydrogens (tertiary/aromatic N) is 1. The third-order valence-corrected chi connectivity index (χ3v) is 7.35. The molecular weight excluding hydrogens is 526 g/mol. The average molecular weight is 564 g/mol. The van der Waals surface area contributed by atoms with E-state index in [0.29, 0.717) is 59.2 Å². The Morgan fingerprint density at radius 3 is 2.27 bits per heavy atom. The molecule has 4 rings (SSSR count). The van der Waals surface area contributed by atoms with Crippen molar-refractivity contribution >= 4 is 23.4 Å². The summed E-state index contributed by atoms with van der Waals surface area (Å²) in [6, 6.07) is 10.8. The average Bonchev–Trinajstić information content (AvgIpc) is 2.95. The minimum Gasteiger partial charge on any atom is -0.493 e. The molecule has 0 saturated carbocycles. The fraction of sp³-hybridized carbons (Fsp3) is 0.438. The van der Waals surface area contributed by atoms with E-state index in [9.17, 15) is 14.4 Å². The van der Waals surface area contributed by atoms with E-state index >= 15 is 0 Å². The number of ketones is 1. The lowest BCUT2D eigenvalue weighted by atomic mass is 9.69. The topological polar surface area (TPSA) is 110 Å². The highest BCUT2D eigenvalue weighted by Crippen LogP contribution is 2.48.